The summed E-state index contributed by atoms with van der Waals surface area (Å²) in [6.45, 7) is 3.15. The van der Waals surface area contributed by atoms with Crippen LogP contribution in [0.25, 0.3) is 28.8 Å². The van der Waals surface area contributed by atoms with Gasteiger partial charge in [0.05, 0.1) is 17.1 Å². The molecule has 8 nitrogen and oxygen atoms in total. The first-order valence-electron chi connectivity index (χ1n) is 11.4. The van der Waals surface area contributed by atoms with Gasteiger partial charge in [0.25, 0.3) is 0 Å². The van der Waals surface area contributed by atoms with Gasteiger partial charge in [0, 0.05) is 49.7 Å². The molecule has 3 aromatic rings. The third-order valence-corrected chi connectivity index (χ3v) is 5.97. The van der Waals surface area contributed by atoms with Gasteiger partial charge in [0.15, 0.2) is 0 Å². The van der Waals surface area contributed by atoms with Crippen molar-refractivity contribution in [2.24, 2.45) is 0 Å². The fourth-order valence-electron chi connectivity index (χ4n) is 4.37. The molecule has 174 valence electrons. The van der Waals surface area contributed by atoms with Gasteiger partial charge in [0.1, 0.15) is 11.6 Å². The molecule has 2 amide bonds. The van der Waals surface area contributed by atoms with Gasteiger partial charge in [-0.1, -0.05) is 12.2 Å². The summed E-state index contributed by atoms with van der Waals surface area (Å²) in [7, 11) is 0. The average Bonchev–Trinajstić information content (AvgIpc) is 3.45. The summed E-state index contributed by atoms with van der Waals surface area (Å²) in [4.78, 5) is 28.1. The molecule has 1 fully saturated rings. The quantitative estimate of drug-likeness (QED) is 0.594. The smallest absolute Gasteiger partial charge is 0.321 e. The van der Waals surface area contributed by atoms with Gasteiger partial charge in [-0.2, -0.15) is 0 Å². The van der Waals surface area contributed by atoms with Gasteiger partial charge < -0.3 is 20.1 Å². The first-order valence-corrected chi connectivity index (χ1v) is 11.4. The van der Waals surface area contributed by atoms with E-state index in [9.17, 15) is 9.18 Å². The summed E-state index contributed by atoms with van der Waals surface area (Å²) in [5.41, 5.74) is 3.15. The maximum Gasteiger partial charge on any atom is 0.321 e. The number of carbonyl (C=O) groups is 1. The minimum atomic E-state index is -0.286. The lowest BCUT2D eigenvalue weighted by atomic mass is 10.1. The van der Waals surface area contributed by atoms with Gasteiger partial charge in [-0.15, -0.1) is 0 Å². The summed E-state index contributed by atoms with van der Waals surface area (Å²) >= 11 is 0. The fourth-order valence-corrected chi connectivity index (χ4v) is 4.37. The lowest BCUT2D eigenvalue weighted by Gasteiger charge is -2.32. The third kappa shape index (κ3) is 4.41. The number of hydrogen-bond acceptors (Lipinski definition) is 5. The van der Waals surface area contributed by atoms with Crippen LogP contribution in [0.3, 0.4) is 0 Å². The molecule has 1 saturated heterocycles. The van der Waals surface area contributed by atoms with Crippen LogP contribution >= 0.6 is 0 Å². The molecule has 34 heavy (non-hydrogen) atoms. The molecule has 2 aliphatic heterocycles. The Balaban J connectivity index is 1.40. The molecule has 0 aliphatic carbocycles. The maximum atomic E-state index is 13.5. The fraction of sp³-hybridized carbons (Fsp3) is 0.280. The van der Waals surface area contributed by atoms with E-state index in [-0.39, 0.29) is 17.9 Å². The van der Waals surface area contributed by atoms with Crippen LogP contribution in [-0.4, -0.2) is 49.6 Å². The molecule has 2 aliphatic rings. The van der Waals surface area contributed by atoms with Crippen LogP contribution < -0.4 is 10.6 Å². The first-order chi connectivity index (χ1) is 16.6. The molecule has 0 saturated carbocycles. The number of aromatic nitrogens is 4. The zero-order valence-corrected chi connectivity index (χ0v) is 18.9. The number of allylic oxidation sites excluding steroid dienone is 2. The molecule has 4 heterocycles. The van der Waals surface area contributed by atoms with Gasteiger partial charge in [0.2, 0.25) is 5.95 Å². The Morgan fingerprint density at radius 1 is 1.21 bits per heavy atom. The van der Waals surface area contributed by atoms with Gasteiger partial charge >= 0.3 is 6.03 Å². The van der Waals surface area contributed by atoms with Gasteiger partial charge in [-0.3, -0.25) is 0 Å². The summed E-state index contributed by atoms with van der Waals surface area (Å²) in [5, 5.41) is 6.17. The first kappa shape index (κ1) is 21.8. The number of rotatable bonds is 5. The lowest BCUT2D eigenvalue weighted by Crippen LogP contribution is -2.48. The van der Waals surface area contributed by atoms with Crippen LogP contribution in [0.2, 0.25) is 0 Å². The van der Waals surface area contributed by atoms with Crippen molar-refractivity contribution in [1.82, 2.24) is 29.7 Å². The zero-order chi connectivity index (χ0) is 23.5. The number of fused-ring (bicyclic) bond motifs is 1. The van der Waals surface area contributed by atoms with Crippen LogP contribution in [-0.2, 0) is 6.42 Å². The number of benzene rings is 1. The Morgan fingerprint density at radius 2 is 2.06 bits per heavy atom. The van der Waals surface area contributed by atoms with E-state index in [1.807, 2.05) is 23.8 Å². The summed E-state index contributed by atoms with van der Waals surface area (Å²) in [6, 6.07) is 8.14. The lowest BCUT2D eigenvalue weighted by molar-refractivity contribution is 0.186. The van der Waals surface area contributed by atoms with E-state index in [1.54, 1.807) is 35.5 Å². The van der Waals surface area contributed by atoms with E-state index in [4.69, 9.17) is 9.97 Å². The Kier molecular flexibility index (Phi) is 6.07. The number of nitrogens with zero attached hydrogens (tertiary/aromatic N) is 5. The van der Waals surface area contributed by atoms with Crippen molar-refractivity contribution in [3.8, 4) is 22.6 Å². The highest BCUT2D eigenvalue weighted by Gasteiger charge is 2.25. The van der Waals surface area contributed by atoms with Crippen molar-refractivity contribution in [3.63, 3.8) is 0 Å². The molecule has 0 spiro atoms. The molecular formula is C25H26FN7O. The largest absolute Gasteiger partial charge is 0.350 e. The van der Waals surface area contributed by atoms with Crippen LogP contribution in [0.1, 0.15) is 25.6 Å². The van der Waals surface area contributed by atoms with Gasteiger partial charge in [-0.25, -0.2) is 24.1 Å². The maximum absolute atomic E-state index is 13.5. The monoisotopic (exact) mass is 459 g/mol. The second-order valence-corrected chi connectivity index (χ2v) is 8.34. The van der Waals surface area contributed by atoms with Crippen LogP contribution in [0.4, 0.5) is 15.1 Å². The summed E-state index contributed by atoms with van der Waals surface area (Å²) < 4.78 is 15.5. The highest BCUT2D eigenvalue weighted by atomic mass is 19.1. The van der Waals surface area contributed by atoms with Gasteiger partial charge in [-0.05, 0) is 50.1 Å². The number of anilines is 1. The van der Waals surface area contributed by atoms with Crippen molar-refractivity contribution in [2.45, 2.75) is 32.2 Å². The van der Waals surface area contributed by atoms with Crippen molar-refractivity contribution in [3.05, 3.63) is 66.5 Å². The molecule has 1 aromatic carbocycles. The van der Waals surface area contributed by atoms with Crippen LogP contribution in [0.5, 0.6) is 0 Å². The Labute approximate surface area is 197 Å². The van der Waals surface area contributed by atoms with E-state index in [2.05, 4.69) is 21.7 Å². The standard InChI is InChI=1S/C25H26FN7O/c1-2-12-28-25(34)32-14-3-5-19(16-32)29-24-27-13-11-20(30-24)23-22(17-7-9-18(26)10-8-17)31-21-6-4-15-33(21)23/h2,4,7-13,15,19H,3,5-6,14,16H2,1H3,(H,28,34)(H,27,29,30)/b12-2+. The molecule has 1 atom stereocenters. The number of nitrogens with one attached hydrogen (secondary N) is 2. The van der Waals surface area contributed by atoms with E-state index in [0.717, 1.165) is 54.3 Å². The van der Waals surface area contributed by atoms with Crippen molar-refractivity contribution in [1.29, 1.82) is 0 Å². The number of halogens is 1. The zero-order valence-electron chi connectivity index (χ0n) is 18.9. The molecule has 0 bridgehead atoms. The Hall–Kier alpha value is -4.01. The number of piperidine rings is 1. The second-order valence-electron chi connectivity index (χ2n) is 8.34. The molecule has 2 N–H and O–H groups in total. The number of amides is 2. The molecule has 9 heteroatoms. The van der Waals surface area contributed by atoms with Crippen molar-refractivity contribution < 1.29 is 9.18 Å². The third-order valence-electron chi connectivity index (χ3n) is 5.97. The predicted octanol–water partition coefficient (Wildman–Crippen LogP) is 4.29. The predicted molar refractivity (Wildman–Crippen MR) is 129 cm³/mol. The van der Waals surface area contributed by atoms with Crippen molar-refractivity contribution >= 4 is 18.2 Å². The molecular weight excluding hydrogens is 433 g/mol. The normalized spacial score (nSPS) is 17.2. The SMILES string of the molecule is C/C=C/NC(=O)N1CCCC(Nc2nccc(-c3c(-c4ccc(F)cc4)nc4n3C=CC4)n2)C1. The highest BCUT2D eigenvalue weighted by molar-refractivity contribution is 5.80. The number of urea groups is 1. The summed E-state index contributed by atoms with van der Waals surface area (Å²) in [6.07, 6.45) is 11.7. The number of likely N-dealkylation sites (tertiary alicyclic amines) is 1. The summed E-state index contributed by atoms with van der Waals surface area (Å²) in [5.74, 6) is 1.13. The highest BCUT2D eigenvalue weighted by Crippen LogP contribution is 2.34. The van der Waals surface area contributed by atoms with E-state index >= 15 is 0 Å². The molecule has 2 aromatic heterocycles. The van der Waals surface area contributed by atoms with E-state index in [0.29, 0.717) is 12.5 Å². The molecule has 5 rings (SSSR count). The number of carbonyl (C=O) groups excluding carboxylic acids is 1. The van der Waals surface area contributed by atoms with E-state index in [1.165, 1.54) is 12.1 Å². The Bertz CT molecular complexity index is 1250. The van der Waals surface area contributed by atoms with Crippen LogP contribution in [0, 0.1) is 5.82 Å². The van der Waals surface area contributed by atoms with Crippen LogP contribution in [0.15, 0.2) is 54.9 Å². The minimum absolute atomic E-state index is 0.0491. The minimum Gasteiger partial charge on any atom is -0.350 e. The number of imidazole rings is 1. The number of hydrogen-bond donors (Lipinski definition) is 2. The molecule has 1 unspecified atom stereocenters. The van der Waals surface area contributed by atoms with E-state index < -0.39 is 0 Å². The average molecular weight is 460 g/mol. The Morgan fingerprint density at radius 3 is 2.88 bits per heavy atom. The topological polar surface area (TPSA) is 88.0 Å². The van der Waals surface area contributed by atoms with Crippen molar-refractivity contribution in [2.75, 3.05) is 18.4 Å². The second kappa shape index (κ2) is 9.46. The molecule has 0 radical (unpaired) electrons.